The van der Waals surface area contributed by atoms with Crippen LogP contribution in [0.25, 0.3) is 0 Å². The van der Waals surface area contributed by atoms with Gasteiger partial charge in [0.1, 0.15) is 5.82 Å². The van der Waals surface area contributed by atoms with E-state index in [-0.39, 0.29) is 24.2 Å². The van der Waals surface area contributed by atoms with Crippen LogP contribution in [0.15, 0.2) is 59.5 Å². The summed E-state index contributed by atoms with van der Waals surface area (Å²) in [5, 5.41) is -0.563. The predicted octanol–water partition coefficient (Wildman–Crippen LogP) is 2.34. The minimum Gasteiger partial charge on any atom is -0.330 e. The minimum absolute atomic E-state index is 0.156. The van der Waals surface area contributed by atoms with E-state index in [1.54, 1.807) is 42.5 Å². The molecule has 3 rings (SSSR count). The predicted molar refractivity (Wildman–Crippen MR) is 79.1 cm³/mol. The van der Waals surface area contributed by atoms with Crippen molar-refractivity contribution < 1.29 is 12.8 Å². The average molecular weight is 305 g/mol. The monoisotopic (exact) mass is 305 g/mol. The van der Waals surface area contributed by atoms with Crippen molar-refractivity contribution in [2.75, 3.05) is 6.54 Å². The Balaban J connectivity index is 1.96. The normalized spacial score (nSPS) is 24.8. The number of hydrogen-bond donors (Lipinski definition) is 1. The Morgan fingerprint density at radius 2 is 1.76 bits per heavy atom. The van der Waals surface area contributed by atoms with Crippen LogP contribution >= 0.6 is 0 Å². The van der Waals surface area contributed by atoms with Crippen molar-refractivity contribution in [3.63, 3.8) is 0 Å². The second-order valence-electron chi connectivity index (χ2n) is 5.30. The lowest BCUT2D eigenvalue weighted by Gasteiger charge is -2.04. The third kappa shape index (κ3) is 2.47. The highest BCUT2D eigenvalue weighted by Gasteiger charge is 2.58. The topological polar surface area (TPSA) is 60.2 Å². The van der Waals surface area contributed by atoms with Crippen molar-refractivity contribution >= 4 is 9.84 Å². The van der Waals surface area contributed by atoms with Crippen LogP contribution in [0.1, 0.15) is 11.5 Å². The van der Waals surface area contributed by atoms with Crippen LogP contribution in [0.4, 0.5) is 4.39 Å². The van der Waals surface area contributed by atoms with Gasteiger partial charge in [-0.1, -0.05) is 30.3 Å². The van der Waals surface area contributed by atoms with Gasteiger partial charge in [0.2, 0.25) is 0 Å². The van der Waals surface area contributed by atoms with Crippen molar-refractivity contribution in [3.8, 4) is 0 Å². The van der Waals surface area contributed by atoms with Crippen molar-refractivity contribution in [1.82, 2.24) is 0 Å². The first kappa shape index (κ1) is 14.2. The van der Waals surface area contributed by atoms with Gasteiger partial charge in [-0.2, -0.15) is 0 Å². The molecule has 110 valence electrons. The van der Waals surface area contributed by atoms with E-state index in [2.05, 4.69) is 0 Å². The first-order valence-corrected chi connectivity index (χ1v) is 8.35. The second-order valence-corrected chi connectivity index (χ2v) is 7.41. The number of rotatable bonds is 4. The van der Waals surface area contributed by atoms with Gasteiger partial charge >= 0.3 is 0 Å². The third-order valence-corrected chi connectivity index (χ3v) is 6.32. The summed E-state index contributed by atoms with van der Waals surface area (Å²) in [6.45, 7) is 0.276. The Morgan fingerprint density at radius 1 is 1.05 bits per heavy atom. The molecule has 0 radical (unpaired) electrons. The smallest absolute Gasteiger partial charge is 0.182 e. The molecule has 3 atom stereocenters. The third-order valence-electron chi connectivity index (χ3n) is 4.03. The van der Waals surface area contributed by atoms with Crippen LogP contribution in [0.2, 0.25) is 0 Å². The summed E-state index contributed by atoms with van der Waals surface area (Å²) >= 11 is 0. The zero-order valence-electron chi connectivity index (χ0n) is 11.3. The molecule has 0 spiro atoms. The van der Waals surface area contributed by atoms with Crippen molar-refractivity contribution in [2.45, 2.75) is 16.1 Å². The molecule has 0 unspecified atom stereocenters. The van der Waals surface area contributed by atoms with Crippen LogP contribution in [0, 0.1) is 11.7 Å². The molecule has 1 saturated carbocycles. The van der Waals surface area contributed by atoms with Crippen LogP contribution in [0.5, 0.6) is 0 Å². The summed E-state index contributed by atoms with van der Waals surface area (Å²) in [4.78, 5) is 0.298. The highest BCUT2D eigenvalue weighted by molar-refractivity contribution is 7.92. The van der Waals surface area contributed by atoms with E-state index in [0.717, 1.165) is 0 Å². The van der Waals surface area contributed by atoms with Gasteiger partial charge < -0.3 is 5.73 Å². The van der Waals surface area contributed by atoms with E-state index in [1.807, 2.05) is 0 Å². The summed E-state index contributed by atoms with van der Waals surface area (Å²) in [6, 6.07) is 14.5. The van der Waals surface area contributed by atoms with E-state index in [9.17, 15) is 12.8 Å². The molecular weight excluding hydrogens is 289 g/mol. The Labute approximate surface area is 123 Å². The molecule has 2 aromatic carbocycles. The van der Waals surface area contributed by atoms with Gasteiger partial charge in [-0.25, -0.2) is 12.8 Å². The van der Waals surface area contributed by atoms with E-state index in [1.165, 1.54) is 12.1 Å². The molecule has 0 heterocycles. The zero-order chi connectivity index (χ0) is 15.0. The number of benzene rings is 2. The standard InChI is InChI=1S/C16H16FNO2S/c17-12-6-4-5-11(9-12)15-14(10-18)16(15)21(19,20)13-7-2-1-3-8-13/h1-9,14-16H,10,18H2/t14-,15+,16-/m1/s1. The SMILES string of the molecule is NC[C@@H]1[C@H](c2cccc(F)c2)[C@@H]1S(=O)(=O)c1ccccc1. The van der Waals surface area contributed by atoms with E-state index in [0.29, 0.717) is 10.5 Å². The summed E-state index contributed by atoms with van der Waals surface area (Å²) in [5.41, 5.74) is 6.41. The fourth-order valence-corrected chi connectivity index (χ4v) is 5.21. The molecule has 0 amide bonds. The highest BCUT2D eigenvalue weighted by Crippen LogP contribution is 2.53. The fraction of sp³-hybridized carbons (Fsp3) is 0.250. The lowest BCUT2D eigenvalue weighted by Crippen LogP contribution is -2.13. The molecule has 0 aliphatic heterocycles. The van der Waals surface area contributed by atoms with Gasteiger partial charge in [0, 0.05) is 5.92 Å². The maximum Gasteiger partial charge on any atom is 0.182 e. The number of halogens is 1. The van der Waals surface area contributed by atoms with E-state index in [4.69, 9.17) is 5.73 Å². The van der Waals surface area contributed by atoms with Crippen LogP contribution in [-0.4, -0.2) is 20.2 Å². The fourth-order valence-electron chi connectivity index (χ4n) is 2.96. The van der Waals surface area contributed by atoms with Crippen molar-refractivity contribution in [2.24, 2.45) is 11.7 Å². The Bertz CT molecular complexity index is 746. The van der Waals surface area contributed by atoms with E-state index >= 15 is 0 Å². The molecule has 0 bridgehead atoms. The average Bonchev–Trinajstić information content (AvgIpc) is 3.23. The molecule has 1 aliphatic carbocycles. The molecule has 1 aliphatic rings. The Kier molecular flexibility index (Phi) is 3.55. The van der Waals surface area contributed by atoms with Crippen LogP contribution in [0.3, 0.4) is 0 Å². The molecule has 21 heavy (non-hydrogen) atoms. The Morgan fingerprint density at radius 3 is 2.38 bits per heavy atom. The number of sulfone groups is 1. The first-order chi connectivity index (χ1) is 10.1. The minimum atomic E-state index is -3.44. The van der Waals surface area contributed by atoms with Gasteiger partial charge in [-0.3, -0.25) is 0 Å². The van der Waals surface area contributed by atoms with Crippen molar-refractivity contribution in [3.05, 3.63) is 66.0 Å². The molecular formula is C16H16FNO2S. The second kappa shape index (κ2) is 5.24. The highest BCUT2D eigenvalue weighted by atomic mass is 32.2. The summed E-state index contributed by atoms with van der Waals surface area (Å²) < 4.78 is 38.7. The number of nitrogens with two attached hydrogens (primary N) is 1. The van der Waals surface area contributed by atoms with Gasteiger partial charge in [-0.15, -0.1) is 0 Å². The molecule has 0 saturated heterocycles. The lowest BCUT2D eigenvalue weighted by atomic mass is 10.1. The molecule has 3 nitrogen and oxygen atoms in total. The largest absolute Gasteiger partial charge is 0.330 e. The van der Waals surface area contributed by atoms with Crippen LogP contribution in [-0.2, 0) is 9.84 Å². The molecule has 1 fully saturated rings. The van der Waals surface area contributed by atoms with Gasteiger partial charge in [0.25, 0.3) is 0 Å². The first-order valence-electron chi connectivity index (χ1n) is 6.80. The summed E-state index contributed by atoms with van der Waals surface area (Å²) in [6.07, 6.45) is 0. The van der Waals surface area contributed by atoms with Gasteiger partial charge in [0.15, 0.2) is 9.84 Å². The molecule has 0 aromatic heterocycles. The molecule has 2 N–H and O–H groups in total. The lowest BCUT2D eigenvalue weighted by molar-refractivity contribution is 0.591. The Hall–Kier alpha value is -1.72. The van der Waals surface area contributed by atoms with Gasteiger partial charge in [-0.05, 0) is 42.3 Å². The van der Waals surface area contributed by atoms with E-state index < -0.39 is 15.1 Å². The summed E-state index contributed by atoms with van der Waals surface area (Å²) in [7, 11) is -3.44. The zero-order valence-corrected chi connectivity index (χ0v) is 12.1. The maximum absolute atomic E-state index is 13.4. The molecule has 5 heteroatoms. The van der Waals surface area contributed by atoms with Crippen molar-refractivity contribution in [1.29, 1.82) is 0 Å². The molecule has 2 aromatic rings. The maximum atomic E-state index is 13.4. The van der Waals surface area contributed by atoms with Crippen LogP contribution < -0.4 is 5.73 Å². The number of hydrogen-bond acceptors (Lipinski definition) is 3. The van der Waals surface area contributed by atoms with Gasteiger partial charge in [0.05, 0.1) is 10.1 Å². The summed E-state index contributed by atoms with van der Waals surface area (Å²) in [5.74, 6) is -0.737. The quantitative estimate of drug-likeness (QED) is 0.943.